The van der Waals surface area contributed by atoms with E-state index in [1.807, 2.05) is 5.43 Å². The lowest BCUT2D eigenvalue weighted by Gasteiger charge is -2.17. The number of Topliss-reactive ketones (excluding diaryl/α,β-unsaturated/α-hetero) is 1. The van der Waals surface area contributed by atoms with E-state index >= 15 is 0 Å². The number of hydrogen-bond acceptors (Lipinski definition) is 7. The third-order valence-electron chi connectivity index (χ3n) is 5.25. The maximum atomic E-state index is 13.0. The fourth-order valence-electron chi connectivity index (χ4n) is 3.21. The molecule has 0 fully saturated rings. The number of thiocarbonyl (C=S) groups is 1. The molecule has 0 spiro atoms. The first-order valence-electron chi connectivity index (χ1n) is 10.4. The van der Waals surface area contributed by atoms with Crippen molar-refractivity contribution < 1.29 is 27.2 Å². The van der Waals surface area contributed by atoms with E-state index in [1.54, 1.807) is 13.8 Å². The molecule has 3 rings (SSSR count). The van der Waals surface area contributed by atoms with Crippen molar-refractivity contribution in [1.29, 1.82) is 0 Å². The van der Waals surface area contributed by atoms with Gasteiger partial charge < -0.3 is 15.3 Å². The molecule has 0 aliphatic rings. The van der Waals surface area contributed by atoms with Crippen LogP contribution in [0.3, 0.4) is 0 Å². The van der Waals surface area contributed by atoms with E-state index in [1.165, 1.54) is 18.2 Å². The normalized spacial score (nSPS) is 11.8. The van der Waals surface area contributed by atoms with Gasteiger partial charge in [-0.2, -0.15) is 18.3 Å². The van der Waals surface area contributed by atoms with Crippen molar-refractivity contribution in [3.8, 4) is 0 Å². The molecule has 0 bridgehead atoms. The molecule has 0 saturated carbocycles. The molecule has 194 valence electrons. The maximum Gasteiger partial charge on any atom is 0.416 e. The number of carbonyl (C=O) groups excluding carboxylic acids is 2. The van der Waals surface area contributed by atoms with Crippen LogP contribution in [0.4, 0.5) is 18.9 Å². The van der Waals surface area contributed by atoms with E-state index in [-0.39, 0.29) is 26.6 Å². The first-order valence-corrected chi connectivity index (χ1v) is 10.8. The number of fused-ring (bicyclic) bond motifs is 1. The van der Waals surface area contributed by atoms with Crippen molar-refractivity contribution in [3.05, 3.63) is 75.1 Å². The summed E-state index contributed by atoms with van der Waals surface area (Å²) in [6.07, 6.45) is -4.70. The first-order chi connectivity index (χ1) is 17.3. The first kappa shape index (κ1) is 27.2. The SMILES string of the molecule is Cc1cc2c(cc1C)[n+](=O)cc(C(=O)C/C(=N\NC(=S)NN)C(=O)Nc1cccc(C(F)(F)F)c1)n2[O-]. The second-order valence-corrected chi connectivity index (χ2v) is 8.24. The third kappa shape index (κ3) is 6.25. The van der Waals surface area contributed by atoms with Crippen LogP contribution in [0.5, 0.6) is 0 Å². The van der Waals surface area contributed by atoms with E-state index in [0.717, 1.165) is 23.9 Å². The Morgan fingerprint density at radius 2 is 1.86 bits per heavy atom. The van der Waals surface area contributed by atoms with Crippen LogP contribution in [-0.2, 0) is 11.0 Å². The van der Waals surface area contributed by atoms with Crippen LogP contribution in [-0.4, -0.2) is 27.2 Å². The molecule has 0 radical (unpaired) electrons. The Bertz CT molecular complexity index is 1500. The average molecular weight is 536 g/mol. The molecule has 2 aromatic carbocycles. The summed E-state index contributed by atoms with van der Waals surface area (Å²) in [5.74, 6) is 3.10. The lowest BCUT2D eigenvalue weighted by atomic mass is 10.1. The average Bonchev–Trinajstić information content (AvgIpc) is 2.84. The summed E-state index contributed by atoms with van der Waals surface area (Å²) in [7, 11) is 0. The summed E-state index contributed by atoms with van der Waals surface area (Å²) in [5.41, 5.74) is 3.29. The summed E-state index contributed by atoms with van der Waals surface area (Å²) in [5, 5.41) is 18.6. The van der Waals surface area contributed by atoms with Gasteiger partial charge in [-0.25, -0.2) is 5.84 Å². The van der Waals surface area contributed by atoms with Crippen molar-refractivity contribution in [2.45, 2.75) is 26.4 Å². The predicted octanol–water partition coefficient (Wildman–Crippen LogP) is 2.44. The molecule has 37 heavy (non-hydrogen) atoms. The number of alkyl halides is 3. The molecular formula is C22H20F3N7O4S. The molecule has 11 nitrogen and oxygen atoms in total. The molecule has 3 aromatic rings. The number of hydrazone groups is 1. The Morgan fingerprint density at radius 1 is 1.19 bits per heavy atom. The van der Waals surface area contributed by atoms with Gasteiger partial charge in [0.1, 0.15) is 11.2 Å². The zero-order valence-corrected chi connectivity index (χ0v) is 20.2. The number of hydrazine groups is 1. The minimum absolute atomic E-state index is 0.0341. The number of nitrogens with zero attached hydrogens (tertiary/aromatic N) is 3. The summed E-state index contributed by atoms with van der Waals surface area (Å²) < 4.78 is 39.7. The number of ketones is 1. The second-order valence-electron chi connectivity index (χ2n) is 7.84. The highest BCUT2D eigenvalue weighted by atomic mass is 32.1. The smallest absolute Gasteiger partial charge is 0.416 e. The largest absolute Gasteiger partial charge is 0.805 e. The number of nitrogens with two attached hydrogens (primary N) is 1. The number of halogens is 3. The molecule has 1 aromatic heterocycles. The molecule has 15 heteroatoms. The van der Waals surface area contributed by atoms with Gasteiger partial charge in [0, 0.05) is 16.7 Å². The van der Waals surface area contributed by atoms with Crippen LogP contribution < -0.4 is 26.4 Å². The Morgan fingerprint density at radius 3 is 2.51 bits per heavy atom. The second kappa shape index (κ2) is 10.7. The fourth-order valence-corrected chi connectivity index (χ4v) is 3.26. The van der Waals surface area contributed by atoms with Gasteiger partial charge in [-0.3, -0.25) is 20.4 Å². The van der Waals surface area contributed by atoms with Crippen molar-refractivity contribution >= 4 is 51.5 Å². The van der Waals surface area contributed by atoms with Gasteiger partial charge in [-0.1, -0.05) is 6.07 Å². The lowest BCUT2D eigenvalue weighted by molar-refractivity contribution is -0.464. The number of rotatable bonds is 6. The number of hydrogen-bond donors (Lipinski definition) is 4. The Hall–Kier alpha value is -4.37. The van der Waals surface area contributed by atoms with Crippen LogP contribution >= 0.6 is 12.2 Å². The van der Waals surface area contributed by atoms with Gasteiger partial charge in [0.2, 0.25) is 5.11 Å². The van der Waals surface area contributed by atoms with Gasteiger partial charge in [0.25, 0.3) is 17.6 Å². The van der Waals surface area contributed by atoms with Gasteiger partial charge >= 0.3 is 6.18 Å². The Balaban J connectivity index is 1.96. The molecule has 1 amide bonds. The molecule has 0 aliphatic carbocycles. The van der Waals surface area contributed by atoms with E-state index in [9.17, 15) is 32.9 Å². The Kier molecular flexibility index (Phi) is 7.88. The molecule has 0 aliphatic heterocycles. The zero-order valence-electron chi connectivity index (χ0n) is 19.3. The third-order valence-corrected chi connectivity index (χ3v) is 5.46. The lowest BCUT2D eigenvalue weighted by Crippen LogP contribution is -2.38. The standard InChI is InChI=1S/C22H20F3N7O4S/c1-11-6-16-17(7-12(11)2)32(36)18(10-31(16)35)19(33)9-15(29-30-21(37)28-26)20(34)27-14-5-3-4-13(8-14)22(23,24)25/h3-8,10H,9,26H2,1-2H3,(H,27,34)(H2,28,30,37)/b29-15+. The number of benzene rings is 2. The topological polar surface area (TPSA) is 160 Å². The van der Waals surface area contributed by atoms with Gasteiger partial charge in [0.15, 0.2) is 11.5 Å². The van der Waals surface area contributed by atoms with Crippen molar-refractivity contribution in [2.75, 3.05) is 5.32 Å². The van der Waals surface area contributed by atoms with Gasteiger partial charge in [-0.15, -0.1) is 0 Å². The molecule has 5 N–H and O–H groups in total. The van der Waals surface area contributed by atoms with Crippen LogP contribution in [0.25, 0.3) is 11.0 Å². The predicted molar refractivity (Wildman–Crippen MR) is 133 cm³/mol. The molecule has 1 heterocycles. The van der Waals surface area contributed by atoms with E-state index in [4.69, 9.17) is 18.1 Å². The summed E-state index contributed by atoms with van der Waals surface area (Å²) in [4.78, 5) is 38.3. The van der Waals surface area contributed by atoms with Crippen molar-refractivity contribution in [3.63, 3.8) is 0 Å². The highest BCUT2D eigenvalue weighted by Crippen LogP contribution is 2.30. The highest BCUT2D eigenvalue weighted by Gasteiger charge is 2.31. The highest BCUT2D eigenvalue weighted by molar-refractivity contribution is 7.80. The monoisotopic (exact) mass is 535 g/mol. The number of aryl methyl sites for hydroxylation is 2. The van der Waals surface area contributed by atoms with Crippen LogP contribution in [0.1, 0.15) is 33.6 Å². The molecule has 0 saturated heterocycles. The number of anilines is 1. The Labute approximate surface area is 212 Å². The summed E-state index contributed by atoms with van der Waals surface area (Å²) in [6.45, 7) is 3.48. The van der Waals surface area contributed by atoms with Crippen molar-refractivity contribution in [1.82, 2.24) is 15.6 Å². The minimum atomic E-state index is -4.66. The van der Waals surface area contributed by atoms with E-state index in [0.29, 0.717) is 16.1 Å². The molecule has 0 unspecified atom stereocenters. The summed E-state index contributed by atoms with van der Waals surface area (Å²) in [6, 6.07) is 6.74. The number of amides is 1. The fraction of sp³-hybridized carbons (Fsp3) is 0.182. The van der Waals surface area contributed by atoms with Crippen LogP contribution in [0, 0.1) is 24.0 Å². The zero-order chi connectivity index (χ0) is 27.5. The van der Waals surface area contributed by atoms with Crippen molar-refractivity contribution in [2.24, 2.45) is 10.9 Å². The number of nitrogens with one attached hydrogen (secondary N) is 3. The van der Waals surface area contributed by atoms with E-state index in [2.05, 4.69) is 15.8 Å². The molecular weight excluding hydrogens is 515 g/mol. The number of aromatic nitrogens is 2. The van der Waals surface area contributed by atoms with Crippen LogP contribution in [0.15, 0.2) is 47.7 Å². The van der Waals surface area contributed by atoms with E-state index < -0.39 is 41.3 Å². The van der Waals surface area contributed by atoms with Gasteiger partial charge in [-0.05, 0) is 61.5 Å². The number of carbonyl (C=O) groups is 2. The van der Waals surface area contributed by atoms with Gasteiger partial charge in [0.05, 0.1) is 16.4 Å². The summed E-state index contributed by atoms with van der Waals surface area (Å²) >= 11 is 4.77. The maximum absolute atomic E-state index is 13.0. The molecule has 0 atom stereocenters. The minimum Gasteiger partial charge on any atom is -0.805 e. The quantitative estimate of drug-likeness (QED) is 0.0935. The van der Waals surface area contributed by atoms with Crippen LogP contribution in [0.2, 0.25) is 0 Å².